The molecule has 4 heteroatoms. The predicted octanol–water partition coefficient (Wildman–Crippen LogP) is 3.96. The molecule has 3 rings (SSSR count). The Labute approximate surface area is 126 Å². The van der Waals surface area contributed by atoms with Gasteiger partial charge < -0.3 is 9.30 Å². The van der Waals surface area contributed by atoms with Crippen molar-refractivity contribution >= 4 is 27.0 Å². The third-order valence-corrected chi connectivity index (χ3v) is 3.77. The number of para-hydroxylation sites is 1. The first-order chi connectivity index (χ1) is 9.74. The molecule has 2 aromatic carbocycles. The van der Waals surface area contributed by atoms with Crippen LogP contribution in [0.5, 0.6) is 5.75 Å². The Morgan fingerprint density at radius 2 is 1.95 bits per heavy atom. The Balaban J connectivity index is 1.73. The third kappa shape index (κ3) is 2.70. The number of fused-ring (bicyclic) bond motifs is 1. The van der Waals surface area contributed by atoms with E-state index in [1.54, 1.807) is 0 Å². The first kappa shape index (κ1) is 13.2. The van der Waals surface area contributed by atoms with Crippen LogP contribution in [-0.4, -0.2) is 16.2 Å². The van der Waals surface area contributed by atoms with Gasteiger partial charge in [-0.3, -0.25) is 0 Å². The number of aromatic nitrogens is 2. The van der Waals surface area contributed by atoms with Crippen LogP contribution in [0, 0.1) is 0 Å². The number of hydrogen-bond acceptors (Lipinski definition) is 2. The van der Waals surface area contributed by atoms with Gasteiger partial charge in [0.15, 0.2) is 0 Å². The molecule has 0 N–H and O–H groups in total. The average molecular weight is 331 g/mol. The number of aryl methyl sites for hydroxylation is 1. The van der Waals surface area contributed by atoms with E-state index >= 15 is 0 Å². The second-order valence-corrected chi connectivity index (χ2v) is 5.55. The first-order valence-electron chi connectivity index (χ1n) is 6.53. The van der Waals surface area contributed by atoms with Crippen molar-refractivity contribution in [3.05, 3.63) is 58.8 Å². The van der Waals surface area contributed by atoms with Crippen molar-refractivity contribution in [2.75, 3.05) is 6.61 Å². The topological polar surface area (TPSA) is 27.1 Å². The van der Waals surface area contributed by atoms with Crippen molar-refractivity contribution in [2.45, 2.75) is 6.42 Å². The summed E-state index contributed by atoms with van der Waals surface area (Å²) in [6.45, 7) is 0.627. The van der Waals surface area contributed by atoms with E-state index < -0.39 is 0 Å². The van der Waals surface area contributed by atoms with E-state index in [0.717, 1.165) is 33.5 Å². The molecule has 3 nitrogen and oxygen atoms in total. The second-order valence-electron chi connectivity index (χ2n) is 4.63. The van der Waals surface area contributed by atoms with E-state index in [1.165, 1.54) is 0 Å². The lowest BCUT2D eigenvalue weighted by Gasteiger charge is -2.06. The summed E-state index contributed by atoms with van der Waals surface area (Å²) in [5.41, 5.74) is 2.15. The van der Waals surface area contributed by atoms with Crippen LogP contribution in [0.2, 0.25) is 0 Å². The number of imidazole rings is 1. The number of ether oxygens (including phenoxy) is 1. The van der Waals surface area contributed by atoms with Gasteiger partial charge in [-0.05, 0) is 30.3 Å². The molecule has 0 saturated heterocycles. The van der Waals surface area contributed by atoms with Crippen LogP contribution < -0.4 is 4.74 Å². The van der Waals surface area contributed by atoms with Gasteiger partial charge in [-0.2, -0.15) is 0 Å². The van der Waals surface area contributed by atoms with Crippen molar-refractivity contribution in [3.8, 4) is 5.75 Å². The smallest absolute Gasteiger partial charge is 0.119 e. The molecular formula is C16H15BrN2O. The van der Waals surface area contributed by atoms with E-state index in [9.17, 15) is 0 Å². The van der Waals surface area contributed by atoms with Crippen LogP contribution in [-0.2, 0) is 13.5 Å². The third-order valence-electron chi connectivity index (χ3n) is 3.27. The summed E-state index contributed by atoms with van der Waals surface area (Å²) in [6, 6.07) is 16.0. The SMILES string of the molecule is Cn1c(CCOc2ccccc2)nc2cc(Br)ccc21. The maximum absolute atomic E-state index is 5.72. The molecule has 0 bridgehead atoms. The second kappa shape index (κ2) is 5.67. The maximum atomic E-state index is 5.72. The molecule has 0 amide bonds. The van der Waals surface area contributed by atoms with Crippen LogP contribution in [0.4, 0.5) is 0 Å². The number of hydrogen-bond donors (Lipinski definition) is 0. The number of halogens is 1. The van der Waals surface area contributed by atoms with Crippen molar-refractivity contribution < 1.29 is 4.74 Å². The zero-order valence-electron chi connectivity index (χ0n) is 11.2. The summed E-state index contributed by atoms with van der Waals surface area (Å²) in [5, 5.41) is 0. The molecule has 1 heterocycles. The Hall–Kier alpha value is -1.81. The minimum Gasteiger partial charge on any atom is -0.493 e. The summed E-state index contributed by atoms with van der Waals surface area (Å²) >= 11 is 3.48. The van der Waals surface area contributed by atoms with Gasteiger partial charge in [-0.25, -0.2) is 4.98 Å². The van der Waals surface area contributed by atoms with Gasteiger partial charge in [0.2, 0.25) is 0 Å². The molecule has 1 aromatic heterocycles. The lowest BCUT2D eigenvalue weighted by atomic mass is 10.3. The highest BCUT2D eigenvalue weighted by atomic mass is 79.9. The molecule has 0 unspecified atom stereocenters. The largest absolute Gasteiger partial charge is 0.493 e. The van der Waals surface area contributed by atoms with E-state index in [4.69, 9.17) is 4.74 Å². The Morgan fingerprint density at radius 3 is 2.75 bits per heavy atom. The molecular weight excluding hydrogens is 316 g/mol. The molecule has 102 valence electrons. The highest BCUT2D eigenvalue weighted by Crippen LogP contribution is 2.20. The monoisotopic (exact) mass is 330 g/mol. The first-order valence-corrected chi connectivity index (χ1v) is 7.32. The molecule has 0 spiro atoms. The molecule has 0 saturated carbocycles. The van der Waals surface area contributed by atoms with Gasteiger partial charge >= 0.3 is 0 Å². The van der Waals surface area contributed by atoms with Crippen LogP contribution in [0.15, 0.2) is 53.0 Å². The van der Waals surface area contributed by atoms with E-state index in [1.807, 2.05) is 49.5 Å². The van der Waals surface area contributed by atoms with Crippen LogP contribution in [0.1, 0.15) is 5.82 Å². The average Bonchev–Trinajstić information content (AvgIpc) is 2.76. The minimum absolute atomic E-state index is 0.627. The zero-order valence-corrected chi connectivity index (χ0v) is 12.8. The highest BCUT2D eigenvalue weighted by Gasteiger charge is 2.08. The minimum atomic E-state index is 0.627. The van der Waals surface area contributed by atoms with Gasteiger partial charge in [-0.15, -0.1) is 0 Å². The standard InChI is InChI=1S/C16H15BrN2O/c1-19-15-8-7-12(17)11-14(15)18-16(19)9-10-20-13-5-3-2-4-6-13/h2-8,11H,9-10H2,1H3. The number of benzene rings is 2. The summed E-state index contributed by atoms with van der Waals surface area (Å²) in [7, 11) is 2.04. The molecule has 0 fully saturated rings. The van der Waals surface area contributed by atoms with Crippen molar-refractivity contribution in [1.29, 1.82) is 0 Å². The van der Waals surface area contributed by atoms with Crippen molar-refractivity contribution in [3.63, 3.8) is 0 Å². The maximum Gasteiger partial charge on any atom is 0.119 e. The molecule has 0 aliphatic heterocycles. The fraction of sp³-hybridized carbons (Fsp3) is 0.188. The molecule has 3 aromatic rings. The number of nitrogens with zero attached hydrogens (tertiary/aromatic N) is 2. The van der Waals surface area contributed by atoms with Crippen LogP contribution in [0.25, 0.3) is 11.0 Å². The fourth-order valence-electron chi connectivity index (χ4n) is 2.22. The molecule has 0 radical (unpaired) electrons. The summed E-state index contributed by atoms with van der Waals surface area (Å²) in [4.78, 5) is 4.66. The van der Waals surface area contributed by atoms with E-state index in [2.05, 4.69) is 31.5 Å². The Morgan fingerprint density at radius 1 is 1.15 bits per heavy atom. The van der Waals surface area contributed by atoms with Crippen LogP contribution in [0.3, 0.4) is 0 Å². The molecule has 0 aliphatic rings. The fourth-order valence-corrected chi connectivity index (χ4v) is 2.57. The van der Waals surface area contributed by atoms with E-state index in [-0.39, 0.29) is 0 Å². The van der Waals surface area contributed by atoms with Crippen LogP contribution >= 0.6 is 15.9 Å². The highest BCUT2D eigenvalue weighted by molar-refractivity contribution is 9.10. The Bertz CT molecular complexity index is 722. The number of rotatable bonds is 4. The normalized spacial score (nSPS) is 10.9. The summed E-state index contributed by atoms with van der Waals surface area (Å²) < 4.78 is 8.89. The van der Waals surface area contributed by atoms with Crippen molar-refractivity contribution in [2.24, 2.45) is 7.05 Å². The van der Waals surface area contributed by atoms with E-state index in [0.29, 0.717) is 6.61 Å². The Kier molecular flexibility index (Phi) is 3.74. The molecule has 0 aliphatic carbocycles. The quantitative estimate of drug-likeness (QED) is 0.724. The summed E-state index contributed by atoms with van der Waals surface area (Å²) in [5.74, 6) is 1.93. The van der Waals surface area contributed by atoms with Gasteiger partial charge in [0.05, 0.1) is 17.6 Å². The predicted molar refractivity (Wildman–Crippen MR) is 84.1 cm³/mol. The van der Waals surface area contributed by atoms with Gasteiger partial charge in [0, 0.05) is 17.9 Å². The molecule has 20 heavy (non-hydrogen) atoms. The lowest BCUT2D eigenvalue weighted by Crippen LogP contribution is -2.06. The van der Waals surface area contributed by atoms with Crippen molar-refractivity contribution in [1.82, 2.24) is 9.55 Å². The zero-order chi connectivity index (χ0) is 13.9. The van der Waals surface area contributed by atoms with Gasteiger partial charge in [-0.1, -0.05) is 34.1 Å². The lowest BCUT2D eigenvalue weighted by molar-refractivity contribution is 0.318. The summed E-state index contributed by atoms with van der Waals surface area (Å²) in [6.07, 6.45) is 0.789. The molecule has 0 atom stereocenters. The van der Waals surface area contributed by atoms with Gasteiger partial charge in [0.25, 0.3) is 0 Å². The van der Waals surface area contributed by atoms with Gasteiger partial charge in [0.1, 0.15) is 11.6 Å².